The molecule has 0 radical (unpaired) electrons. The van der Waals surface area contributed by atoms with E-state index in [-0.39, 0.29) is 30.5 Å². The van der Waals surface area contributed by atoms with E-state index in [0.717, 1.165) is 5.56 Å². The zero-order chi connectivity index (χ0) is 17.2. The quantitative estimate of drug-likeness (QED) is 0.421. The van der Waals surface area contributed by atoms with E-state index in [1.165, 1.54) is 0 Å². The van der Waals surface area contributed by atoms with Crippen LogP contribution in [0.15, 0.2) is 24.3 Å². The molecule has 0 aliphatic carbocycles. The van der Waals surface area contributed by atoms with Crippen LogP contribution in [0, 0.1) is 6.92 Å². The van der Waals surface area contributed by atoms with Gasteiger partial charge < -0.3 is 10.1 Å². The summed E-state index contributed by atoms with van der Waals surface area (Å²) >= 11 is 4.89. The molecule has 124 valence electrons. The van der Waals surface area contributed by atoms with Crippen molar-refractivity contribution in [3.8, 4) is 0 Å². The standard InChI is InChI=1S/C15H19N3O4S/c1-3-22-13(20)9-8-12(19)16-15(23)18-17-14(21)11-7-5-4-6-10(11)2/h4-7H,3,8-9H2,1-2H3,(H,17,21)(H2,16,18,19,23). The van der Waals surface area contributed by atoms with Crippen LogP contribution in [0.5, 0.6) is 0 Å². The van der Waals surface area contributed by atoms with Crippen molar-refractivity contribution in [3.63, 3.8) is 0 Å². The Kier molecular flexibility index (Phi) is 7.69. The summed E-state index contributed by atoms with van der Waals surface area (Å²) in [5.74, 6) is -1.26. The van der Waals surface area contributed by atoms with Crippen molar-refractivity contribution in [1.29, 1.82) is 0 Å². The maximum atomic E-state index is 11.9. The number of thiocarbonyl (C=S) groups is 1. The number of ether oxygens (including phenoxy) is 1. The van der Waals surface area contributed by atoms with Gasteiger partial charge in [0.2, 0.25) is 5.91 Å². The van der Waals surface area contributed by atoms with Crippen LogP contribution in [-0.2, 0) is 14.3 Å². The maximum Gasteiger partial charge on any atom is 0.306 e. The molecule has 0 aromatic heterocycles. The lowest BCUT2D eigenvalue weighted by atomic mass is 10.1. The predicted molar refractivity (Wildman–Crippen MR) is 88.4 cm³/mol. The van der Waals surface area contributed by atoms with Gasteiger partial charge >= 0.3 is 5.97 Å². The van der Waals surface area contributed by atoms with Gasteiger partial charge in [-0.1, -0.05) is 18.2 Å². The molecule has 2 amide bonds. The first kappa shape index (κ1) is 18.6. The molecule has 0 unspecified atom stereocenters. The number of aryl methyl sites for hydroxylation is 1. The number of benzene rings is 1. The van der Waals surface area contributed by atoms with Crippen LogP contribution in [0.2, 0.25) is 0 Å². The third-order valence-corrected chi connectivity index (χ3v) is 3.00. The molecule has 0 aliphatic rings. The minimum absolute atomic E-state index is 0.0299. The van der Waals surface area contributed by atoms with Crippen molar-refractivity contribution < 1.29 is 19.1 Å². The number of amides is 2. The summed E-state index contributed by atoms with van der Waals surface area (Å²) in [5.41, 5.74) is 6.14. The second-order valence-corrected chi connectivity index (χ2v) is 4.98. The number of hydrogen-bond donors (Lipinski definition) is 3. The summed E-state index contributed by atoms with van der Waals surface area (Å²) in [7, 11) is 0. The lowest BCUT2D eigenvalue weighted by molar-refractivity contribution is -0.144. The zero-order valence-corrected chi connectivity index (χ0v) is 13.8. The molecule has 7 nitrogen and oxygen atoms in total. The van der Waals surface area contributed by atoms with E-state index in [0.29, 0.717) is 5.56 Å². The van der Waals surface area contributed by atoms with Crippen molar-refractivity contribution >= 4 is 35.1 Å². The Morgan fingerprint density at radius 1 is 1.13 bits per heavy atom. The van der Waals surface area contributed by atoms with E-state index in [9.17, 15) is 14.4 Å². The molecule has 0 aliphatic heterocycles. The van der Waals surface area contributed by atoms with Gasteiger partial charge in [0.15, 0.2) is 5.11 Å². The number of hydrazine groups is 1. The van der Waals surface area contributed by atoms with E-state index in [2.05, 4.69) is 16.2 Å². The lowest BCUT2D eigenvalue weighted by Gasteiger charge is -2.11. The monoisotopic (exact) mass is 337 g/mol. The third-order valence-electron chi connectivity index (χ3n) is 2.79. The molecule has 0 saturated heterocycles. The van der Waals surface area contributed by atoms with Gasteiger partial charge in [-0.05, 0) is 37.7 Å². The summed E-state index contributed by atoms with van der Waals surface area (Å²) < 4.78 is 4.71. The van der Waals surface area contributed by atoms with E-state index < -0.39 is 11.9 Å². The van der Waals surface area contributed by atoms with E-state index >= 15 is 0 Å². The molecule has 0 heterocycles. The third kappa shape index (κ3) is 6.88. The fourth-order valence-electron chi connectivity index (χ4n) is 1.68. The van der Waals surface area contributed by atoms with E-state index in [1.54, 1.807) is 19.1 Å². The average Bonchev–Trinajstić information content (AvgIpc) is 2.51. The highest BCUT2D eigenvalue weighted by Gasteiger charge is 2.11. The maximum absolute atomic E-state index is 11.9. The molecular formula is C15H19N3O4S. The Labute approximate surface area is 139 Å². The highest BCUT2D eigenvalue weighted by Crippen LogP contribution is 2.05. The topological polar surface area (TPSA) is 96.5 Å². The van der Waals surface area contributed by atoms with Crippen LogP contribution in [0.3, 0.4) is 0 Å². The van der Waals surface area contributed by atoms with Crippen molar-refractivity contribution in [1.82, 2.24) is 16.2 Å². The number of esters is 1. The lowest BCUT2D eigenvalue weighted by Crippen LogP contribution is -2.48. The van der Waals surface area contributed by atoms with E-state index in [4.69, 9.17) is 17.0 Å². The van der Waals surface area contributed by atoms with Crippen molar-refractivity contribution in [2.45, 2.75) is 26.7 Å². The minimum atomic E-state index is -0.450. The number of carbonyl (C=O) groups excluding carboxylic acids is 3. The van der Waals surface area contributed by atoms with Crippen molar-refractivity contribution in [2.24, 2.45) is 0 Å². The summed E-state index contributed by atoms with van der Waals surface area (Å²) in [4.78, 5) is 34.6. The number of hydrogen-bond acceptors (Lipinski definition) is 5. The number of carbonyl (C=O) groups is 3. The van der Waals surface area contributed by atoms with Crippen LogP contribution in [0.4, 0.5) is 0 Å². The first-order valence-electron chi connectivity index (χ1n) is 7.05. The Morgan fingerprint density at radius 3 is 2.48 bits per heavy atom. The summed E-state index contributed by atoms with van der Waals surface area (Å²) in [6, 6.07) is 7.06. The zero-order valence-electron chi connectivity index (χ0n) is 13.0. The molecule has 1 aromatic carbocycles. The van der Waals surface area contributed by atoms with E-state index in [1.807, 2.05) is 19.1 Å². The van der Waals surface area contributed by atoms with Gasteiger partial charge in [-0.2, -0.15) is 0 Å². The summed E-state index contributed by atoms with van der Waals surface area (Å²) in [5, 5.41) is 2.30. The SMILES string of the molecule is CCOC(=O)CCC(=O)NC(=S)NNC(=O)c1ccccc1C. The molecule has 23 heavy (non-hydrogen) atoms. The van der Waals surface area contributed by atoms with Crippen LogP contribution in [0.25, 0.3) is 0 Å². The van der Waals surface area contributed by atoms with Crippen molar-refractivity contribution in [3.05, 3.63) is 35.4 Å². The Morgan fingerprint density at radius 2 is 1.83 bits per heavy atom. The van der Waals surface area contributed by atoms with Gasteiger partial charge in [0.05, 0.1) is 13.0 Å². The highest BCUT2D eigenvalue weighted by atomic mass is 32.1. The predicted octanol–water partition coefficient (Wildman–Crippen LogP) is 0.974. The molecule has 1 aromatic rings. The fraction of sp³-hybridized carbons (Fsp3) is 0.333. The van der Waals surface area contributed by atoms with Crippen LogP contribution < -0.4 is 16.2 Å². The normalized spacial score (nSPS) is 9.65. The molecule has 8 heteroatoms. The molecular weight excluding hydrogens is 318 g/mol. The van der Waals surface area contributed by atoms with Crippen LogP contribution in [-0.4, -0.2) is 29.5 Å². The number of nitrogens with one attached hydrogen (secondary N) is 3. The summed E-state index contributed by atoms with van der Waals surface area (Å²) in [6.07, 6.45) is -0.0791. The Hall–Kier alpha value is -2.48. The molecule has 0 saturated carbocycles. The second-order valence-electron chi connectivity index (χ2n) is 4.58. The molecule has 3 N–H and O–H groups in total. The molecule has 0 spiro atoms. The van der Waals surface area contributed by atoms with Crippen LogP contribution in [0.1, 0.15) is 35.7 Å². The molecule has 0 atom stereocenters. The van der Waals surface area contributed by atoms with Gasteiger partial charge in [0.25, 0.3) is 5.91 Å². The van der Waals surface area contributed by atoms with Crippen molar-refractivity contribution in [2.75, 3.05) is 6.61 Å². The average molecular weight is 337 g/mol. The second kappa shape index (κ2) is 9.52. The highest BCUT2D eigenvalue weighted by molar-refractivity contribution is 7.80. The van der Waals surface area contributed by atoms with Gasteiger partial charge in [0.1, 0.15) is 0 Å². The Balaban J connectivity index is 2.34. The van der Waals surface area contributed by atoms with Gasteiger partial charge in [0, 0.05) is 12.0 Å². The molecule has 0 bridgehead atoms. The Bertz CT molecular complexity index is 604. The molecule has 1 rings (SSSR count). The number of rotatable bonds is 5. The first-order valence-corrected chi connectivity index (χ1v) is 7.46. The largest absolute Gasteiger partial charge is 0.466 e. The van der Waals surface area contributed by atoms with Gasteiger partial charge in [-0.15, -0.1) is 0 Å². The fourth-order valence-corrected chi connectivity index (χ4v) is 1.84. The van der Waals surface area contributed by atoms with Gasteiger partial charge in [-0.25, -0.2) is 0 Å². The van der Waals surface area contributed by atoms with Gasteiger partial charge in [-0.3, -0.25) is 25.2 Å². The minimum Gasteiger partial charge on any atom is -0.466 e. The summed E-state index contributed by atoms with van der Waals surface area (Å²) in [6.45, 7) is 3.77. The van der Waals surface area contributed by atoms with Crippen LogP contribution >= 0.6 is 12.2 Å². The first-order chi connectivity index (χ1) is 10.9. The smallest absolute Gasteiger partial charge is 0.306 e. The molecule has 0 fully saturated rings.